The summed E-state index contributed by atoms with van der Waals surface area (Å²) in [6.45, 7) is 1.86. The zero-order chi connectivity index (χ0) is 23.9. The Labute approximate surface area is 190 Å². The zero-order valence-corrected chi connectivity index (χ0v) is 17.7. The molecule has 0 spiro atoms. The van der Waals surface area contributed by atoms with Crippen molar-refractivity contribution in [2.24, 2.45) is 11.8 Å². The van der Waals surface area contributed by atoms with E-state index in [2.05, 4.69) is 25.1 Å². The maximum Gasteiger partial charge on any atom is 0.573 e. The van der Waals surface area contributed by atoms with Crippen molar-refractivity contribution in [2.75, 3.05) is 26.2 Å². The number of carbonyl (C=O) groups excluding carboxylic acids is 2. The molecular weight excluding hydrogens is 457 g/mol. The highest BCUT2D eigenvalue weighted by molar-refractivity contribution is 5.95. The van der Waals surface area contributed by atoms with Crippen molar-refractivity contribution in [3.05, 3.63) is 47.8 Å². The number of hydrogen-bond donors (Lipinski definition) is 1. The van der Waals surface area contributed by atoms with Gasteiger partial charge in [0.05, 0.1) is 6.20 Å². The van der Waals surface area contributed by atoms with Gasteiger partial charge in [0.1, 0.15) is 29.1 Å². The van der Waals surface area contributed by atoms with E-state index in [4.69, 9.17) is 4.74 Å². The minimum absolute atomic E-state index is 0.0717. The van der Waals surface area contributed by atoms with Crippen LogP contribution >= 0.6 is 0 Å². The van der Waals surface area contributed by atoms with E-state index in [1.54, 1.807) is 15.9 Å². The van der Waals surface area contributed by atoms with Crippen LogP contribution in [0.4, 0.5) is 18.0 Å². The number of rotatable bonds is 4. The number of hydrogen-bond acceptors (Lipinski definition) is 7. The van der Waals surface area contributed by atoms with E-state index < -0.39 is 12.5 Å². The first kappa shape index (κ1) is 21.9. The van der Waals surface area contributed by atoms with E-state index in [1.165, 1.54) is 18.3 Å². The molecule has 2 saturated heterocycles. The fourth-order valence-electron chi connectivity index (χ4n) is 4.36. The van der Waals surface area contributed by atoms with Crippen LogP contribution in [0.5, 0.6) is 5.75 Å². The second-order valence-corrected chi connectivity index (χ2v) is 8.26. The third kappa shape index (κ3) is 4.58. The number of amides is 2. The maximum absolute atomic E-state index is 12.8. The molecule has 2 aliphatic rings. The van der Waals surface area contributed by atoms with E-state index in [-0.39, 0.29) is 30.1 Å². The van der Waals surface area contributed by atoms with Crippen LogP contribution in [0, 0.1) is 11.8 Å². The Balaban J connectivity index is 1.11. The smallest absolute Gasteiger partial charge is 0.445 e. The van der Waals surface area contributed by atoms with E-state index in [9.17, 15) is 22.8 Å². The first-order valence-electron chi connectivity index (χ1n) is 10.5. The Morgan fingerprint density at radius 3 is 2.32 bits per heavy atom. The molecular formula is C21H19F3N6O4. The Morgan fingerprint density at radius 2 is 1.65 bits per heavy atom. The lowest BCUT2D eigenvalue weighted by atomic mass is 10.0. The molecule has 13 heteroatoms. The van der Waals surface area contributed by atoms with Gasteiger partial charge >= 0.3 is 12.5 Å². The molecule has 2 aromatic heterocycles. The molecule has 5 rings (SSSR count). The fraction of sp³-hybridized carbons (Fsp3) is 0.381. The highest BCUT2D eigenvalue weighted by Crippen LogP contribution is 2.32. The molecule has 0 saturated carbocycles. The van der Waals surface area contributed by atoms with Crippen molar-refractivity contribution in [1.82, 2.24) is 30.2 Å². The molecule has 4 heterocycles. The third-order valence-corrected chi connectivity index (χ3v) is 5.97. The number of H-pyrrole nitrogens is 1. The molecule has 1 N–H and O–H groups in total. The average molecular weight is 476 g/mol. The molecule has 2 fully saturated rings. The quantitative estimate of drug-likeness (QED) is 0.616. The first-order chi connectivity index (χ1) is 16.2. The van der Waals surface area contributed by atoms with Crippen molar-refractivity contribution in [3.8, 4) is 5.75 Å². The van der Waals surface area contributed by atoms with Crippen LogP contribution < -0.4 is 4.74 Å². The third-order valence-electron chi connectivity index (χ3n) is 5.97. The van der Waals surface area contributed by atoms with Gasteiger partial charge in [-0.05, 0) is 23.8 Å². The minimum atomic E-state index is -4.76. The van der Waals surface area contributed by atoms with E-state index in [0.29, 0.717) is 48.5 Å². The summed E-state index contributed by atoms with van der Waals surface area (Å²) in [5.74, 6) is -0.270. The number of alkyl halides is 3. The second-order valence-electron chi connectivity index (χ2n) is 8.26. The van der Waals surface area contributed by atoms with Crippen LogP contribution in [0.3, 0.4) is 0 Å². The molecule has 0 radical (unpaired) electrons. The van der Waals surface area contributed by atoms with Crippen LogP contribution in [-0.4, -0.2) is 74.7 Å². The van der Waals surface area contributed by atoms with Gasteiger partial charge in [-0.25, -0.2) is 9.78 Å². The number of nitrogens with one attached hydrogen (secondary N) is 1. The number of aromatic amines is 1. The lowest BCUT2D eigenvalue weighted by molar-refractivity contribution is -0.274. The Morgan fingerprint density at radius 1 is 1.00 bits per heavy atom. The van der Waals surface area contributed by atoms with Crippen LogP contribution in [0.1, 0.15) is 16.1 Å². The minimum Gasteiger partial charge on any atom is -0.445 e. The molecule has 3 aromatic rings. The number of aromatic nitrogens is 4. The molecule has 0 bridgehead atoms. The standard InChI is InChI=1S/C21H19F3N6O4/c22-21(23,24)34-15-3-1-12(2-4-15)11-33-20(32)30-9-13-7-29(8-14(13)10-30)19(31)17-5-16-18(6-25-17)27-28-26-16/h1-6,13-14H,7-11H2,(H,26,27,28)/t13-,14-/m0/s1. The van der Waals surface area contributed by atoms with Gasteiger partial charge in [0.15, 0.2) is 0 Å². The van der Waals surface area contributed by atoms with Gasteiger partial charge in [-0.1, -0.05) is 12.1 Å². The lowest BCUT2D eigenvalue weighted by Crippen LogP contribution is -2.36. The molecule has 0 unspecified atom stereocenters. The Kier molecular flexibility index (Phi) is 5.46. The van der Waals surface area contributed by atoms with Crippen molar-refractivity contribution in [3.63, 3.8) is 0 Å². The number of carbonyl (C=O) groups is 2. The Hall–Kier alpha value is -3.90. The number of likely N-dealkylation sites (tertiary alicyclic amines) is 2. The monoisotopic (exact) mass is 476 g/mol. The summed E-state index contributed by atoms with van der Waals surface area (Å²) in [7, 11) is 0. The van der Waals surface area contributed by atoms with E-state index >= 15 is 0 Å². The van der Waals surface area contributed by atoms with Crippen LogP contribution in [0.15, 0.2) is 36.5 Å². The summed E-state index contributed by atoms with van der Waals surface area (Å²) in [5, 5.41) is 10.4. The number of halogens is 3. The summed E-state index contributed by atoms with van der Waals surface area (Å²) < 4.78 is 45.8. The topological polar surface area (TPSA) is 114 Å². The van der Waals surface area contributed by atoms with Gasteiger partial charge in [0.2, 0.25) is 0 Å². The van der Waals surface area contributed by atoms with Gasteiger partial charge < -0.3 is 19.3 Å². The fourth-order valence-corrected chi connectivity index (χ4v) is 4.36. The van der Waals surface area contributed by atoms with Crippen molar-refractivity contribution in [2.45, 2.75) is 13.0 Å². The summed E-state index contributed by atoms with van der Waals surface area (Å²) >= 11 is 0. The Bertz CT molecular complexity index is 1200. The molecule has 0 aliphatic carbocycles. The first-order valence-corrected chi connectivity index (χ1v) is 10.5. The molecule has 10 nitrogen and oxygen atoms in total. The van der Waals surface area contributed by atoms with Crippen LogP contribution in [-0.2, 0) is 11.3 Å². The van der Waals surface area contributed by atoms with Gasteiger partial charge in [0, 0.05) is 38.0 Å². The number of ether oxygens (including phenoxy) is 2. The van der Waals surface area contributed by atoms with Crippen LogP contribution in [0.25, 0.3) is 11.0 Å². The van der Waals surface area contributed by atoms with Gasteiger partial charge in [0.25, 0.3) is 5.91 Å². The molecule has 34 heavy (non-hydrogen) atoms. The molecule has 1 aromatic carbocycles. The summed E-state index contributed by atoms with van der Waals surface area (Å²) in [5.41, 5.74) is 1.98. The number of nitrogens with zero attached hydrogens (tertiary/aromatic N) is 5. The van der Waals surface area contributed by atoms with Crippen LogP contribution in [0.2, 0.25) is 0 Å². The van der Waals surface area contributed by atoms with Crippen molar-refractivity contribution >= 4 is 23.0 Å². The van der Waals surface area contributed by atoms with E-state index in [1.807, 2.05) is 0 Å². The average Bonchev–Trinajstić information content (AvgIpc) is 3.51. The normalized spacial score (nSPS) is 20.0. The van der Waals surface area contributed by atoms with Crippen molar-refractivity contribution < 1.29 is 32.2 Å². The highest BCUT2D eigenvalue weighted by atomic mass is 19.4. The molecule has 2 amide bonds. The molecule has 2 aliphatic heterocycles. The number of benzene rings is 1. The van der Waals surface area contributed by atoms with E-state index in [0.717, 1.165) is 12.1 Å². The molecule has 2 atom stereocenters. The summed E-state index contributed by atoms with van der Waals surface area (Å²) in [4.78, 5) is 32.8. The predicted octanol–water partition coefficient (Wildman–Crippen LogP) is 2.59. The van der Waals surface area contributed by atoms with Gasteiger partial charge in [-0.3, -0.25) is 4.79 Å². The largest absolute Gasteiger partial charge is 0.573 e. The number of fused-ring (bicyclic) bond motifs is 2. The highest BCUT2D eigenvalue weighted by Gasteiger charge is 2.43. The SMILES string of the molecule is O=C(OCc1ccc(OC(F)(F)F)cc1)N1C[C@@H]2CN(C(=O)c3cc4n[nH]nc4cn3)C[C@H]2C1. The second kappa shape index (κ2) is 8.47. The summed E-state index contributed by atoms with van der Waals surface area (Å²) in [6.07, 6.45) is -3.76. The molecule has 178 valence electrons. The van der Waals surface area contributed by atoms with Crippen molar-refractivity contribution in [1.29, 1.82) is 0 Å². The maximum atomic E-state index is 12.8. The summed E-state index contributed by atoms with van der Waals surface area (Å²) in [6, 6.07) is 6.73. The zero-order valence-electron chi connectivity index (χ0n) is 17.7. The van der Waals surface area contributed by atoms with Gasteiger partial charge in [-0.2, -0.15) is 15.4 Å². The number of pyridine rings is 1. The van der Waals surface area contributed by atoms with Gasteiger partial charge in [-0.15, -0.1) is 13.2 Å². The predicted molar refractivity (Wildman–Crippen MR) is 109 cm³/mol. The lowest BCUT2D eigenvalue weighted by Gasteiger charge is -2.21.